The topological polar surface area (TPSA) is 387 Å². The number of carboxylic acid groups (broad SMARTS) is 1. The predicted molar refractivity (Wildman–Crippen MR) is 287 cm³/mol. The van der Waals surface area contributed by atoms with Crippen LogP contribution in [0.3, 0.4) is 0 Å². The third-order valence-corrected chi connectivity index (χ3v) is 12.6. The maximum Gasteiger partial charge on any atom is 0.326 e. The Hall–Kier alpha value is -9.77. The van der Waals surface area contributed by atoms with Gasteiger partial charge in [0.15, 0.2) is 0 Å². The van der Waals surface area contributed by atoms with Crippen molar-refractivity contribution in [3.63, 3.8) is 0 Å². The second-order valence-electron chi connectivity index (χ2n) is 18.8. The minimum Gasteiger partial charge on any atom is -0.508 e. The molecule has 0 bridgehead atoms. The Kier molecular flexibility index (Phi) is 20.6. The number of nitrogens with two attached hydrogens (primary N) is 2. The Morgan fingerprint density at radius 1 is 0.481 bits per heavy atom. The second kappa shape index (κ2) is 27.8. The van der Waals surface area contributed by atoms with Gasteiger partial charge in [-0.25, -0.2) is 4.79 Å². The number of primary amides is 1. The van der Waals surface area contributed by atoms with E-state index in [0.29, 0.717) is 38.7 Å². The number of carbonyl (C=O) groups excluding carboxylic acids is 8. The number of fused-ring (bicyclic) bond motifs is 1. The number of hydrogen-bond acceptors (Lipinski definition) is 13. The molecular formula is C56H62N10O13. The lowest BCUT2D eigenvalue weighted by Gasteiger charge is -2.27. The number of carbonyl (C=O) groups is 9. The van der Waals surface area contributed by atoms with Crippen LogP contribution < -0.4 is 48.7 Å². The Morgan fingerprint density at radius 2 is 0.911 bits per heavy atom. The van der Waals surface area contributed by atoms with Gasteiger partial charge in [0.1, 0.15) is 53.5 Å². The van der Waals surface area contributed by atoms with Gasteiger partial charge in [0.25, 0.3) is 0 Å². The summed E-state index contributed by atoms with van der Waals surface area (Å²) in [5, 5.41) is 57.6. The summed E-state index contributed by atoms with van der Waals surface area (Å²) in [6.45, 7) is 0.641. The number of phenols is 3. The number of aromatic hydroxyl groups is 3. The summed E-state index contributed by atoms with van der Waals surface area (Å²) in [5.41, 5.74) is 14.9. The number of carboxylic acids is 1. The van der Waals surface area contributed by atoms with Gasteiger partial charge in [0, 0.05) is 42.8 Å². The molecule has 6 rings (SSSR count). The summed E-state index contributed by atoms with van der Waals surface area (Å²) >= 11 is 0. The number of H-pyrrole nitrogens is 1. The molecular weight excluding hydrogens is 1020 g/mol. The van der Waals surface area contributed by atoms with E-state index in [4.69, 9.17) is 11.5 Å². The number of rotatable bonds is 27. The molecule has 5 aromatic carbocycles. The molecule has 6 aromatic rings. The van der Waals surface area contributed by atoms with E-state index in [2.05, 4.69) is 42.2 Å². The molecule has 0 saturated heterocycles. The average Bonchev–Trinajstić information content (AvgIpc) is 3.85. The van der Waals surface area contributed by atoms with Crippen LogP contribution in [0.15, 0.2) is 134 Å². The van der Waals surface area contributed by atoms with Gasteiger partial charge in [0.2, 0.25) is 47.3 Å². The molecule has 414 valence electrons. The zero-order valence-corrected chi connectivity index (χ0v) is 42.8. The number of para-hydroxylation sites is 1. The van der Waals surface area contributed by atoms with Crippen molar-refractivity contribution >= 4 is 64.1 Å². The number of benzene rings is 5. The number of amides is 8. The Labute approximate surface area is 452 Å². The highest BCUT2D eigenvalue weighted by Crippen LogP contribution is 2.21. The van der Waals surface area contributed by atoms with Gasteiger partial charge < -0.3 is 74.1 Å². The summed E-state index contributed by atoms with van der Waals surface area (Å²) in [6, 6.07) is 23.0. The number of hydrogen-bond donors (Lipinski definition) is 14. The van der Waals surface area contributed by atoms with Gasteiger partial charge in [-0.05, 0) is 83.6 Å². The first-order chi connectivity index (χ1) is 37.7. The first-order valence-electron chi connectivity index (χ1n) is 25.0. The molecule has 79 heavy (non-hydrogen) atoms. The number of nitrogens with one attached hydrogen (secondary N) is 8. The maximum atomic E-state index is 14.8. The van der Waals surface area contributed by atoms with Crippen LogP contribution in [0.2, 0.25) is 0 Å². The molecule has 0 aliphatic rings. The standard InChI is InChI=1S/C56H62N10O13/c1-31(50(72)66-47(56(78)79)26-35-15-21-39(69)22-16-35)61-52(74)43(24-32-7-3-2-4-8-32)63-54(76)45(27-36-29-59-42-10-6-5-9-40(36)42)65-53(75)44(25-34-13-19-38(68)20-14-34)64-55(77)46(28-48(58)70)62-49(71)30-60-51(73)41(57)23-33-11-17-37(67)18-12-33/h2-22,29,31,41,43-47,59,67-69H,23-28,30,57H2,1H3,(H2,58,70)(H,60,73)(H,61,74)(H,62,71)(H,63,76)(H,64,77)(H,65,75)(H,66,72)(H,78,79)/t31-,41-,43-,44-,45-,46-,47-/m0/s1. The van der Waals surface area contributed by atoms with Crippen LogP contribution in [0.1, 0.15) is 41.2 Å². The molecule has 0 unspecified atom stereocenters. The van der Waals surface area contributed by atoms with E-state index in [1.807, 2.05) is 0 Å². The molecule has 0 aliphatic heterocycles. The SMILES string of the molecule is C[C@H](NC(=O)[C@H](Cc1ccccc1)NC(=O)[C@H](Cc1c[nH]c2ccccc12)NC(=O)[C@H](Cc1ccc(O)cc1)NC(=O)[C@H](CC(N)=O)NC(=O)CNC(=O)[C@@H](N)Cc1ccc(O)cc1)C(=O)N[C@@H](Cc1ccc(O)cc1)C(=O)O. The fourth-order valence-corrected chi connectivity index (χ4v) is 8.36. The first-order valence-corrected chi connectivity index (χ1v) is 25.0. The fraction of sp³-hybridized carbons (Fsp3) is 0.268. The largest absolute Gasteiger partial charge is 0.508 e. The van der Waals surface area contributed by atoms with Crippen molar-refractivity contribution in [2.45, 2.75) is 87.7 Å². The van der Waals surface area contributed by atoms with Crippen LogP contribution in [-0.2, 0) is 75.3 Å². The van der Waals surface area contributed by atoms with Crippen LogP contribution in [0, 0.1) is 0 Å². The van der Waals surface area contributed by atoms with Crippen molar-refractivity contribution in [1.82, 2.24) is 42.2 Å². The number of aliphatic carboxylic acids is 1. The molecule has 16 N–H and O–H groups in total. The molecule has 0 spiro atoms. The van der Waals surface area contributed by atoms with E-state index < -0.39 is 108 Å². The van der Waals surface area contributed by atoms with Gasteiger partial charge in [-0.2, -0.15) is 0 Å². The third kappa shape index (κ3) is 17.9. The highest BCUT2D eigenvalue weighted by molar-refractivity contribution is 5.99. The van der Waals surface area contributed by atoms with Gasteiger partial charge in [-0.15, -0.1) is 0 Å². The van der Waals surface area contributed by atoms with Crippen LogP contribution in [0.25, 0.3) is 10.9 Å². The molecule has 0 aliphatic carbocycles. The molecule has 8 amide bonds. The lowest BCUT2D eigenvalue weighted by molar-refractivity contribution is -0.142. The van der Waals surface area contributed by atoms with E-state index >= 15 is 0 Å². The third-order valence-electron chi connectivity index (χ3n) is 12.6. The Bertz CT molecular complexity index is 3120. The summed E-state index contributed by atoms with van der Waals surface area (Å²) in [4.78, 5) is 125. The van der Waals surface area contributed by atoms with Crippen molar-refractivity contribution < 1.29 is 63.6 Å². The van der Waals surface area contributed by atoms with E-state index in [0.717, 1.165) is 0 Å². The Balaban J connectivity index is 1.23. The van der Waals surface area contributed by atoms with E-state index in [1.165, 1.54) is 67.6 Å². The van der Waals surface area contributed by atoms with Gasteiger partial charge in [-0.3, -0.25) is 38.4 Å². The van der Waals surface area contributed by atoms with Crippen LogP contribution in [-0.4, -0.2) is 127 Å². The molecule has 23 heteroatoms. The van der Waals surface area contributed by atoms with Crippen molar-refractivity contribution in [3.8, 4) is 17.2 Å². The number of aromatic nitrogens is 1. The molecule has 0 radical (unpaired) electrons. The lowest BCUT2D eigenvalue weighted by Crippen LogP contribution is -2.60. The quantitative estimate of drug-likeness (QED) is 0.0326. The van der Waals surface area contributed by atoms with Gasteiger partial charge in [0.05, 0.1) is 19.0 Å². The molecule has 0 fully saturated rings. The summed E-state index contributed by atoms with van der Waals surface area (Å²) in [5.74, 6) is -8.77. The first kappa shape index (κ1) is 58.5. The molecule has 23 nitrogen and oxygen atoms in total. The predicted octanol–water partition coefficient (Wildman–Crippen LogP) is 0.130. The number of phenolic OH excluding ortho intramolecular Hbond substituents is 3. The van der Waals surface area contributed by atoms with Gasteiger partial charge in [-0.1, -0.05) is 84.9 Å². The molecule has 0 saturated carbocycles. The van der Waals surface area contributed by atoms with Crippen LogP contribution in [0.4, 0.5) is 0 Å². The van der Waals surface area contributed by atoms with Crippen molar-refractivity contribution in [2.75, 3.05) is 6.54 Å². The monoisotopic (exact) mass is 1080 g/mol. The summed E-state index contributed by atoms with van der Waals surface area (Å²) < 4.78 is 0. The van der Waals surface area contributed by atoms with Gasteiger partial charge >= 0.3 is 5.97 Å². The highest BCUT2D eigenvalue weighted by Gasteiger charge is 2.34. The summed E-state index contributed by atoms with van der Waals surface area (Å²) in [6.07, 6.45) is 0.199. The number of aromatic amines is 1. The molecule has 1 aromatic heterocycles. The zero-order valence-electron chi connectivity index (χ0n) is 42.8. The smallest absolute Gasteiger partial charge is 0.326 e. The fourth-order valence-electron chi connectivity index (χ4n) is 8.36. The zero-order chi connectivity index (χ0) is 57.2. The minimum absolute atomic E-state index is 0.0129. The molecule has 7 atom stereocenters. The van der Waals surface area contributed by atoms with Crippen LogP contribution >= 0.6 is 0 Å². The Morgan fingerprint density at radius 3 is 1.43 bits per heavy atom. The van der Waals surface area contributed by atoms with Crippen molar-refractivity contribution in [2.24, 2.45) is 11.5 Å². The lowest BCUT2D eigenvalue weighted by atomic mass is 10.00. The van der Waals surface area contributed by atoms with Crippen molar-refractivity contribution in [3.05, 3.63) is 161 Å². The minimum atomic E-state index is -1.69. The van der Waals surface area contributed by atoms with E-state index in [1.54, 1.807) is 72.9 Å². The highest BCUT2D eigenvalue weighted by atomic mass is 16.4. The average molecular weight is 1080 g/mol. The van der Waals surface area contributed by atoms with Crippen LogP contribution in [0.5, 0.6) is 17.2 Å². The van der Waals surface area contributed by atoms with E-state index in [-0.39, 0.29) is 49.4 Å². The van der Waals surface area contributed by atoms with E-state index in [9.17, 15) is 63.6 Å². The normalized spacial score (nSPS) is 13.6. The maximum absolute atomic E-state index is 14.8. The second-order valence-corrected chi connectivity index (χ2v) is 18.8. The molecule has 1 heterocycles. The van der Waals surface area contributed by atoms with Crippen molar-refractivity contribution in [1.29, 1.82) is 0 Å². The summed E-state index contributed by atoms with van der Waals surface area (Å²) in [7, 11) is 0.